The molecule has 1 N–H and O–H groups in total. The molecule has 0 fully saturated rings. The van der Waals surface area contributed by atoms with Gasteiger partial charge in [0.05, 0.1) is 12.5 Å². The Morgan fingerprint density at radius 2 is 1.40 bits per heavy atom. The van der Waals surface area contributed by atoms with Crippen molar-refractivity contribution < 1.29 is 14.3 Å². The average molecular weight is 356 g/mol. The predicted octanol–water partition coefficient (Wildman–Crippen LogP) is 5.19. The van der Waals surface area contributed by atoms with Crippen LogP contribution in [0.3, 0.4) is 0 Å². The van der Waals surface area contributed by atoms with E-state index >= 15 is 0 Å². The molecule has 0 spiro atoms. The molecule has 0 saturated carbocycles. The Bertz CT molecular complexity index is 331. The van der Waals surface area contributed by atoms with Crippen LogP contribution in [0.4, 0.5) is 0 Å². The molecule has 0 rings (SSSR count). The molecule has 0 aliphatic heterocycles. The minimum atomic E-state index is -0.181. The summed E-state index contributed by atoms with van der Waals surface area (Å²) in [7, 11) is 0. The summed E-state index contributed by atoms with van der Waals surface area (Å²) in [6.45, 7) is 7.19. The number of carbonyl (C=O) groups excluding carboxylic acids is 2. The molecule has 25 heavy (non-hydrogen) atoms. The first-order valence-corrected chi connectivity index (χ1v) is 10.5. The summed E-state index contributed by atoms with van der Waals surface area (Å²) in [5.41, 5.74) is 0. The minimum absolute atomic E-state index is 0.0153. The van der Waals surface area contributed by atoms with Gasteiger partial charge in [0.15, 0.2) is 0 Å². The van der Waals surface area contributed by atoms with E-state index in [-0.39, 0.29) is 18.1 Å². The maximum absolute atomic E-state index is 11.4. The molecule has 0 aromatic heterocycles. The molecule has 4 nitrogen and oxygen atoms in total. The number of hydrogen-bond acceptors (Lipinski definition) is 3. The van der Waals surface area contributed by atoms with Crippen molar-refractivity contribution in [2.45, 2.75) is 110 Å². The van der Waals surface area contributed by atoms with E-state index in [0.717, 1.165) is 19.3 Å². The van der Waals surface area contributed by atoms with Crippen molar-refractivity contribution in [3.05, 3.63) is 0 Å². The number of ketones is 1. The van der Waals surface area contributed by atoms with Gasteiger partial charge in [-0.05, 0) is 26.2 Å². The van der Waals surface area contributed by atoms with Crippen molar-refractivity contribution in [3.63, 3.8) is 0 Å². The fourth-order valence-corrected chi connectivity index (χ4v) is 2.92. The molecule has 0 aliphatic rings. The number of hydrogen-bond donors (Lipinski definition) is 1. The molecule has 0 bridgehead atoms. The van der Waals surface area contributed by atoms with Crippen molar-refractivity contribution in [3.8, 4) is 0 Å². The lowest BCUT2D eigenvalue weighted by Crippen LogP contribution is -2.27. The summed E-state index contributed by atoms with van der Waals surface area (Å²) in [6, 6.07) is 0. The van der Waals surface area contributed by atoms with Gasteiger partial charge in [0.1, 0.15) is 5.78 Å². The molecular formula is C21H41NO3. The third-order valence-electron chi connectivity index (χ3n) is 4.42. The summed E-state index contributed by atoms with van der Waals surface area (Å²) < 4.78 is 6.06. The molecule has 0 saturated heterocycles. The monoisotopic (exact) mass is 355 g/mol. The zero-order chi connectivity index (χ0) is 18.8. The van der Waals surface area contributed by atoms with Crippen LogP contribution in [0.5, 0.6) is 0 Å². The molecule has 4 heteroatoms. The Balaban J connectivity index is 3.81. The van der Waals surface area contributed by atoms with Gasteiger partial charge < -0.3 is 10.1 Å². The van der Waals surface area contributed by atoms with Crippen molar-refractivity contribution in [2.75, 3.05) is 13.2 Å². The number of ether oxygens (including phenoxy) is 1. The van der Waals surface area contributed by atoms with Crippen LogP contribution in [0.1, 0.15) is 104 Å². The number of unbranched alkanes of at least 4 members (excludes halogenated alkanes) is 7. The van der Waals surface area contributed by atoms with E-state index in [1.807, 2.05) is 0 Å². The van der Waals surface area contributed by atoms with Gasteiger partial charge in [-0.3, -0.25) is 9.59 Å². The quantitative estimate of drug-likeness (QED) is 0.272. The third-order valence-corrected chi connectivity index (χ3v) is 4.42. The van der Waals surface area contributed by atoms with Crippen LogP contribution in [0.2, 0.25) is 0 Å². The van der Waals surface area contributed by atoms with E-state index in [0.29, 0.717) is 19.3 Å². The molecule has 1 unspecified atom stereocenters. The second-order valence-corrected chi connectivity index (χ2v) is 7.13. The van der Waals surface area contributed by atoms with Crippen LogP contribution in [-0.4, -0.2) is 30.9 Å². The van der Waals surface area contributed by atoms with E-state index in [1.165, 1.54) is 64.7 Å². The van der Waals surface area contributed by atoms with Gasteiger partial charge >= 0.3 is 0 Å². The van der Waals surface area contributed by atoms with Crippen molar-refractivity contribution in [2.24, 2.45) is 0 Å². The molecule has 1 amide bonds. The van der Waals surface area contributed by atoms with E-state index in [4.69, 9.17) is 4.74 Å². The molecule has 0 radical (unpaired) electrons. The lowest BCUT2D eigenvalue weighted by atomic mass is 10.0. The van der Waals surface area contributed by atoms with Crippen LogP contribution in [0.25, 0.3) is 0 Å². The molecule has 0 aromatic rings. The van der Waals surface area contributed by atoms with Gasteiger partial charge in [-0.2, -0.15) is 0 Å². The smallest absolute Gasteiger partial charge is 0.227 e. The molecule has 0 heterocycles. The molecule has 0 aliphatic carbocycles. The highest BCUT2D eigenvalue weighted by Gasteiger charge is 2.09. The first-order valence-electron chi connectivity index (χ1n) is 10.5. The van der Waals surface area contributed by atoms with Crippen LogP contribution in [0.15, 0.2) is 0 Å². The number of rotatable bonds is 18. The fourth-order valence-electron chi connectivity index (χ4n) is 2.92. The third kappa shape index (κ3) is 17.7. The normalized spacial score (nSPS) is 12.1. The van der Waals surface area contributed by atoms with Gasteiger partial charge in [-0.1, -0.05) is 71.6 Å². The van der Waals surface area contributed by atoms with E-state index in [2.05, 4.69) is 19.2 Å². The van der Waals surface area contributed by atoms with Crippen molar-refractivity contribution in [1.82, 2.24) is 5.32 Å². The largest absolute Gasteiger partial charge is 0.378 e. The van der Waals surface area contributed by atoms with Crippen LogP contribution in [-0.2, 0) is 14.3 Å². The summed E-state index contributed by atoms with van der Waals surface area (Å²) >= 11 is 0. The van der Waals surface area contributed by atoms with Gasteiger partial charge in [0.2, 0.25) is 5.91 Å². The standard InChI is InChI=1S/C21H41NO3/c1-4-6-8-9-10-12-15-20(14-11-7-5-2)25-17-13-16-22-21(24)18-19(3)23/h20H,4-18H2,1-3H3,(H,22,24). The second-order valence-electron chi connectivity index (χ2n) is 7.13. The Kier molecular flexibility index (Phi) is 17.3. The first-order chi connectivity index (χ1) is 12.1. The minimum Gasteiger partial charge on any atom is -0.378 e. The molecule has 0 aromatic carbocycles. The topological polar surface area (TPSA) is 55.4 Å². The number of amides is 1. The van der Waals surface area contributed by atoms with E-state index in [9.17, 15) is 9.59 Å². The summed E-state index contributed by atoms with van der Waals surface area (Å²) in [6.07, 6.45) is 15.2. The Hall–Kier alpha value is -0.900. The average Bonchev–Trinajstić information content (AvgIpc) is 2.56. The highest BCUT2D eigenvalue weighted by molar-refractivity contribution is 5.96. The zero-order valence-electron chi connectivity index (χ0n) is 16.9. The summed E-state index contributed by atoms with van der Waals surface area (Å²) in [5.74, 6) is -0.275. The van der Waals surface area contributed by atoms with Crippen LogP contribution < -0.4 is 5.32 Å². The van der Waals surface area contributed by atoms with Crippen LogP contribution in [0, 0.1) is 0 Å². The SMILES string of the molecule is CCCCCCCCC(CCCCC)OCCCNC(=O)CC(C)=O. The van der Waals surface area contributed by atoms with Crippen LogP contribution >= 0.6 is 0 Å². The molecule has 148 valence electrons. The van der Waals surface area contributed by atoms with E-state index in [1.54, 1.807) is 0 Å². The van der Waals surface area contributed by atoms with E-state index < -0.39 is 0 Å². The predicted molar refractivity (Wildman–Crippen MR) is 105 cm³/mol. The Labute approximate surface area is 155 Å². The molecular weight excluding hydrogens is 314 g/mol. The highest BCUT2D eigenvalue weighted by Crippen LogP contribution is 2.15. The number of carbonyl (C=O) groups is 2. The number of Topliss-reactive ketones (excluding diaryl/α,β-unsaturated/α-hetero) is 1. The second kappa shape index (κ2) is 17.9. The summed E-state index contributed by atoms with van der Waals surface area (Å²) in [4.78, 5) is 22.3. The van der Waals surface area contributed by atoms with Gasteiger partial charge in [-0.15, -0.1) is 0 Å². The maximum Gasteiger partial charge on any atom is 0.227 e. The van der Waals surface area contributed by atoms with Gasteiger partial charge in [0.25, 0.3) is 0 Å². The molecule has 1 atom stereocenters. The van der Waals surface area contributed by atoms with Crippen molar-refractivity contribution >= 4 is 11.7 Å². The highest BCUT2D eigenvalue weighted by atomic mass is 16.5. The fraction of sp³-hybridized carbons (Fsp3) is 0.905. The lowest BCUT2D eigenvalue weighted by Gasteiger charge is -2.18. The van der Waals surface area contributed by atoms with Gasteiger partial charge in [-0.25, -0.2) is 0 Å². The maximum atomic E-state index is 11.4. The van der Waals surface area contributed by atoms with Crippen molar-refractivity contribution in [1.29, 1.82) is 0 Å². The lowest BCUT2D eigenvalue weighted by molar-refractivity contribution is -0.127. The number of nitrogens with one attached hydrogen (secondary N) is 1. The zero-order valence-corrected chi connectivity index (χ0v) is 16.9. The Morgan fingerprint density at radius 1 is 0.840 bits per heavy atom. The Morgan fingerprint density at radius 3 is 2.04 bits per heavy atom. The van der Waals surface area contributed by atoms with Gasteiger partial charge in [0, 0.05) is 13.2 Å². The summed E-state index contributed by atoms with van der Waals surface area (Å²) in [5, 5.41) is 2.77. The first kappa shape index (κ1) is 24.1.